The smallest absolute Gasteiger partial charge is 0.335 e. The summed E-state index contributed by atoms with van der Waals surface area (Å²) in [4.78, 5) is 22.5. The van der Waals surface area contributed by atoms with Gasteiger partial charge in [0.25, 0.3) is 0 Å². The van der Waals surface area contributed by atoms with Crippen LogP contribution in [0.15, 0.2) is 12.3 Å². The molecule has 0 amide bonds. The van der Waals surface area contributed by atoms with Crippen molar-refractivity contribution in [1.82, 2.24) is 4.57 Å². The highest BCUT2D eigenvalue weighted by atomic mass is 16.4. The van der Waals surface area contributed by atoms with E-state index in [1.165, 1.54) is 0 Å². The van der Waals surface area contributed by atoms with E-state index in [0.717, 1.165) is 35.7 Å². The first-order chi connectivity index (χ1) is 9.01. The number of aromatic nitrogens is 1. The van der Waals surface area contributed by atoms with Crippen LogP contribution in [-0.4, -0.2) is 21.9 Å². The van der Waals surface area contributed by atoms with Gasteiger partial charge in [0.05, 0.1) is 11.1 Å². The molecule has 0 aliphatic rings. The normalized spacial score (nSPS) is 10.9. The van der Waals surface area contributed by atoms with Gasteiger partial charge < -0.3 is 9.67 Å². The summed E-state index contributed by atoms with van der Waals surface area (Å²) in [5.41, 5.74) is 3.34. The highest BCUT2D eigenvalue weighted by Crippen LogP contribution is 2.30. The van der Waals surface area contributed by atoms with Crippen LogP contribution in [0.3, 0.4) is 0 Å². The van der Waals surface area contributed by atoms with Crippen molar-refractivity contribution in [3.63, 3.8) is 0 Å². The van der Waals surface area contributed by atoms with Gasteiger partial charge in [-0.1, -0.05) is 6.92 Å². The molecule has 2 aromatic rings. The third kappa shape index (κ3) is 2.03. The van der Waals surface area contributed by atoms with Crippen LogP contribution in [0.5, 0.6) is 0 Å². The van der Waals surface area contributed by atoms with Crippen LogP contribution >= 0.6 is 0 Å². The van der Waals surface area contributed by atoms with E-state index in [1.807, 2.05) is 17.7 Å². The highest BCUT2D eigenvalue weighted by Gasteiger charge is 2.18. The Bertz CT molecular complexity index is 668. The minimum Gasteiger partial charge on any atom is -0.478 e. The van der Waals surface area contributed by atoms with Crippen molar-refractivity contribution in [1.29, 1.82) is 0 Å². The van der Waals surface area contributed by atoms with Gasteiger partial charge >= 0.3 is 5.97 Å². The number of aldehydes is 1. The second-order valence-corrected chi connectivity index (χ2v) is 4.79. The summed E-state index contributed by atoms with van der Waals surface area (Å²) >= 11 is 0. The third-order valence-electron chi connectivity index (χ3n) is 3.44. The largest absolute Gasteiger partial charge is 0.478 e. The number of hydrogen-bond acceptors (Lipinski definition) is 2. The van der Waals surface area contributed by atoms with Crippen molar-refractivity contribution in [3.8, 4) is 0 Å². The quantitative estimate of drug-likeness (QED) is 0.858. The fourth-order valence-corrected chi connectivity index (χ4v) is 2.65. The van der Waals surface area contributed by atoms with E-state index >= 15 is 0 Å². The second-order valence-electron chi connectivity index (χ2n) is 4.79. The molecule has 0 bridgehead atoms. The van der Waals surface area contributed by atoms with Gasteiger partial charge in [0, 0.05) is 23.7 Å². The number of carbonyl (C=O) groups is 2. The number of fused-ring (bicyclic) bond motifs is 1. The molecule has 1 heterocycles. The molecule has 0 atom stereocenters. The second kappa shape index (κ2) is 4.88. The zero-order valence-corrected chi connectivity index (χ0v) is 11.4. The van der Waals surface area contributed by atoms with Gasteiger partial charge in [-0.05, 0) is 37.5 Å². The Morgan fingerprint density at radius 3 is 2.63 bits per heavy atom. The Hall–Kier alpha value is -2.10. The van der Waals surface area contributed by atoms with E-state index in [2.05, 4.69) is 6.92 Å². The highest BCUT2D eigenvalue weighted by molar-refractivity contribution is 6.05. The SMILES string of the molecule is CCCn1cc(C=O)c2c(C)c(C(=O)O)cc(C)c21. The molecule has 4 heteroatoms. The summed E-state index contributed by atoms with van der Waals surface area (Å²) in [7, 11) is 0. The number of carboxylic acid groups (broad SMARTS) is 1. The molecule has 0 saturated heterocycles. The van der Waals surface area contributed by atoms with Crippen LogP contribution in [0.25, 0.3) is 10.9 Å². The van der Waals surface area contributed by atoms with Gasteiger partial charge in [-0.2, -0.15) is 0 Å². The molecule has 1 aromatic carbocycles. The molecule has 0 unspecified atom stereocenters. The van der Waals surface area contributed by atoms with Crippen LogP contribution < -0.4 is 0 Å². The van der Waals surface area contributed by atoms with E-state index in [1.54, 1.807) is 13.0 Å². The van der Waals surface area contributed by atoms with Crippen molar-refractivity contribution in [2.45, 2.75) is 33.7 Å². The maximum absolute atomic E-state index is 11.3. The lowest BCUT2D eigenvalue weighted by atomic mass is 9.98. The van der Waals surface area contributed by atoms with Crippen LogP contribution in [0.4, 0.5) is 0 Å². The minimum absolute atomic E-state index is 0.266. The molecule has 100 valence electrons. The van der Waals surface area contributed by atoms with Gasteiger partial charge in [0.15, 0.2) is 6.29 Å². The zero-order chi connectivity index (χ0) is 14.2. The molecule has 2 rings (SSSR count). The molecular formula is C15H17NO3. The Morgan fingerprint density at radius 2 is 2.11 bits per heavy atom. The molecule has 0 aliphatic heterocycles. The van der Waals surface area contributed by atoms with Crippen LogP contribution in [0.2, 0.25) is 0 Å². The summed E-state index contributed by atoms with van der Waals surface area (Å²) in [6.45, 7) is 6.53. The molecule has 1 N–H and O–H groups in total. The third-order valence-corrected chi connectivity index (χ3v) is 3.44. The van der Waals surface area contributed by atoms with Crippen molar-refractivity contribution >= 4 is 23.2 Å². The van der Waals surface area contributed by atoms with Crippen LogP contribution in [0, 0.1) is 13.8 Å². The van der Waals surface area contributed by atoms with E-state index in [4.69, 9.17) is 0 Å². The van der Waals surface area contributed by atoms with Gasteiger partial charge in [-0.25, -0.2) is 4.79 Å². The summed E-state index contributed by atoms with van der Waals surface area (Å²) in [5.74, 6) is -0.956. The minimum atomic E-state index is -0.956. The first-order valence-electron chi connectivity index (χ1n) is 6.32. The predicted molar refractivity (Wildman–Crippen MR) is 74.0 cm³/mol. The maximum Gasteiger partial charge on any atom is 0.335 e. The fraction of sp³-hybridized carbons (Fsp3) is 0.333. The van der Waals surface area contributed by atoms with Crippen LogP contribution in [-0.2, 0) is 6.54 Å². The molecule has 1 aromatic heterocycles. The number of nitrogens with zero attached hydrogens (tertiary/aromatic N) is 1. The molecule has 4 nitrogen and oxygen atoms in total. The zero-order valence-electron chi connectivity index (χ0n) is 11.4. The van der Waals surface area contributed by atoms with Crippen molar-refractivity contribution in [3.05, 3.63) is 34.5 Å². The molecule has 19 heavy (non-hydrogen) atoms. The molecule has 0 fully saturated rings. The summed E-state index contributed by atoms with van der Waals surface area (Å²) in [6.07, 6.45) is 3.57. The Morgan fingerprint density at radius 1 is 1.42 bits per heavy atom. The lowest BCUT2D eigenvalue weighted by molar-refractivity contribution is 0.0696. The molecule has 0 saturated carbocycles. The maximum atomic E-state index is 11.3. The lowest BCUT2D eigenvalue weighted by Crippen LogP contribution is -2.03. The molecular weight excluding hydrogens is 242 g/mol. The van der Waals surface area contributed by atoms with Gasteiger partial charge in [0.2, 0.25) is 0 Å². The molecule has 0 spiro atoms. The van der Waals surface area contributed by atoms with Gasteiger partial charge in [-0.3, -0.25) is 4.79 Å². The number of hydrogen-bond donors (Lipinski definition) is 1. The number of benzene rings is 1. The summed E-state index contributed by atoms with van der Waals surface area (Å²) in [5, 5.41) is 9.99. The topological polar surface area (TPSA) is 59.3 Å². The van der Waals surface area contributed by atoms with E-state index in [-0.39, 0.29) is 5.56 Å². The first-order valence-corrected chi connectivity index (χ1v) is 6.32. The number of rotatable bonds is 4. The number of aryl methyl sites for hydroxylation is 3. The molecule has 0 aliphatic carbocycles. The predicted octanol–water partition coefficient (Wildman–Crippen LogP) is 3.18. The average Bonchev–Trinajstić information content (AvgIpc) is 2.73. The standard InChI is InChI=1S/C15H17NO3/c1-4-5-16-7-11(8-17)13-10(3)12(15(18)19)6-9(2)14(13)16/h6-8H,4-5H2,1-3H3,(H,18,19). The Labute approximate surface area is 111 Å². The van der Waals surface area contributed by atoms with E-state index < -0.39 is 5.97 Å². The lowest BCUT2D eigenvalue weighted by Gasteiger charge is -2.10. The number of carboxylic acids is 1. The first kappa shape index (κ1) is 13.3. The van der Waals surface area contributed by atoms with E-state index in [0.29, 0.717) is 11.1 Å². The Kier molecular flexibility index (Phi) is 3.42. The summed E-state index contributed by atoms with van der Waals surface area (Å²) in [6, 6.07) is 1.68. The van der Waals surface area contributed by atoms with Crippen molar-refractivity contribution < 1.29 is 14.7 Å². The van der Waals surface area contributed by atoms with Crippen LogP contribution in [0.1, 0.15) is 45.2 Å². The van der Waals surface area contributed by atoms with Crippen molar-refractivity contribution in [2.75, 3.05) is 0 Å². The van der Waals surface area contributed by atoms with Crippen molar-refractivity contribution in [2.24, 2.45) is 0 Å². The number of carbonyl (C=O) groups excluding carboxylic acids is 1. The van der Waals surface area contributed by atoms with Gasteiger partial charge in [-0.15, -0.1) is 0 Å². The van der Waals surface area contributed by atoms with Gasteiger partial charge in [0.1, 0.15) is 0 Å². The fourth-order valence-electron chi connectivity index (χ4n) is 2.65. The average molecular weight is 259 g/mol. The monoisotopic (exact) mass is 259 g/mol. The number of aromatic carboxylic acids is 1. The summed E-state index contributed by atoms with van der Waals surface area (Å²) < 4.78 is 2.03. The Balaban J connectivity index is 2.90. The molecule has 0 radical (unpaired) electrons. The van der Waals surface area contributed by atoms with E-state index in [9.17, 15) is 14.7 Å².